The highest BCUT2D eigenvalue weighted by Crippen LogP contribution is 1.95. The first-order valence-electron chi connectivity index (χ1n) is 5.12. The highest BCUT2D eigenvalue weighted by atomic mass is 16.2. The van der Waals surface area contributed by atoms with Gasteiger partial charge in [0, 0.05) is 19.6 Å². The molecule has 0 aliphatic heterocycles. The maximum atomic E-state index is 11.4. The van der Waals surface area contributed by atoms with Crippen LogP contribution in [-0.4, -0.2) is 37.0 Å². The molecule has 0 unspecified atom stereocenters. The van der Waals surface area contributed by atoms with E-state index < -0.39 is 0 Å². The molecule has 3 heteroatoms. The van der Waals surface area contributed by atoms with Gasteiger partial charge >= 0.3 is 0 Å². The van der Waals surface area contributed by atoms with E-state index in [2.05, 4.69) is 19.2 Å². The second kappa shape index (κ2) is 6.89. The van der Waals surface area contributed by atoms with Crippen LogP contribution in [0.1, 0.15) is 33.6 Å². The Labute approximate surface area is 81.5 Å². The number of nitrogens with zero attached hydrogens (tertiary/aromatic N) is 1. The van der Waals surface area contributed by atoms with E-state index >= 15 is 0 Å². The Bertz CT molecular complexity index is 144. The van der Waals surface area contributed by atoms with Crippen LogP contribution in [0.3, 0.4) is 0 Å². The first-order valence-corrected chi connectivity index (χ1v) is 5.12. The summed E-state index contributed by atoms with van der Waals surface area (Å²) < 4.78 is 0. The van der Waals surface area contributed by atoms with E-state index in [1.54, 1.807) is 4.90 Å². The number of carbonyl (C=O) groups is 1. The van der Waals surface area contributed by atoms with Gasteiger partial charge in [-0.1, -0.05) is 13.8 Å². The van der Waals surface area contributed by atoms with Crippen molar-refractivity contribution in [2.24, 2.45) is 0 Å². The Hall–Kier alpha value is -0.570. The monoisotopic (exact) mass is 186 g/mol. The van der Waals surface area contributed by atoms with E-state index in [-0.39, 0.29) is 5.91 Å². The van der Waals surface area contributed by atoms with Crippen LogP contribution in [0.4, 0.5) is 0 Å². The molecule has 13 heavy (non-hydrogen) atoms. The summed E-state index contributed by atoms with van der Waals surface area (Å²) in [6, 6.07) is 0.481. The molecular weight excluding hydrogens is 164 g/mol. The fraction of sp³-hybridized carbons (Fsp3) is 0.900. The third-order valence-corrected chi connectivity index (χ3v) is 2.43. The fourth-order valence-electron chi connectivity index (χ4n) is 1.12. The van der Waals surface area contributed by atoms with Crippen molar-refractivity contribution in [1.29, 1.82) is 0 Å². The van der Waals surface area contributed by atoms with Gasteiger partial charge in [-0.05, 0) is 19.8 Å². The Morgan fingerprint density at radius 3 is 2.23 bits per heavy atom. The maximum Gasteiger partial charge on any atom is 0.236 e. The number of hydrogen-bond donors (Lipinski definition) is 1. The first kappa shape index (κ1) is 12.4. The summed E-state index contributed by atoms with van der Waals surface area (Å²) in [5.74, 6) is 0.175. The SMILES string of the molecule is CCC(CC)NCC(=O)N(C)CC. The molecule has 0 bridgehead atoms. The van der Waals surface area contributed by atoms with Crippen LogP contribution in [0.15, 0.2) is 0 Å². The van der Waals surface area contributed by atoms with Gasteiger partial charge in [-0.25, -0.2) is 0 Å². The molecule has 0 heterocycles. The molecule has 0 radical (unpaired) electrons. The quantitative estimate of drug-likeness (QED) is 0.677. The van der Waals surface area contributed by atoms with Crippen LogP contribution in [0.2, 0.25) is 0 Å². The van der Waals surface area contributed by atoms with Crippen LogP contribution in [0.5, 0.6) is 0 Å². The predicted molar refractivity (Wildman–Crippen MR) is 55.7 cm³/mol. The van der Waals surface area contributed by atoms with Gasteiger partial charge in [0.25, 0.3) is 0 Å². The van der Waals surface area contributed by atoms with Crippen molar-refractivity contribution in [3.05, 3.63) is 0 Å². The molecule has 3 nitrogen and oxygen atoms in total. The lowest BCUT2D eigenvalue weighted by Gasteiger charge is -2.18. The summed E-state index contributed by atoms with van der Waals surface area (Å²) in [6.07, 6.45) is 2.17. The molecule has 0 fully saturated rings. The summed E-state index contributed by atoms with van der Waals surface area (Å²) >= 11 is 0. The van der Waals surface area contributed by atoms with Gasteiger partial charge in [-0.15, -0.1) is 0 Å². The molecule has 0 aromatic carbocycles. The molecular formula is C10H22N2O. The summed E-state index contributed by atoms with van der Waals surface area (Å²) in [5, 5.41) is 3.24. The van der Waals surface area contributed by atoms with E-state index in [9.17, 15) is 4.79 Å². The largest absolute Gasteiger partial charge is 0.345 e. The molecule has 0 saturated carbocycles. The number of carbonyl (C=O) groups excluding carboxylic acids is 1. The van der Waals surface area contributed by atoms with Gasteiger partial charge in [-0.2, -0.15) is 0 Å². The van der Waals surface area contributed by atoms with Crippen LogP contribution in [0, 0.1) is 0 Å². The molecule has 0 aromatic heterocycles. The van der Waals surface area contributed by atoms with Crippen molar-refractivity contribution in [2.75, 3.05) is 20.1 Å². The highest BCUT2D eigenvalue weighted by Gasteiger charge is 2.08. The standard InChI is InChI=1S/C10H22N2O/c1-5-9(6-2)11-8-10(13)12(4)7-3/h9,11H,5-8H2,1-4H3. The molecule has 0 aliphatic carbocycles. The number of hydrogen-bond acceptors (Lipinski definition) is 2. The van der Waals surface area contributed by atoms with Crippen molar-refractivity contribution in [2.45, 2.75) is 39.7 Å². The molecule has 1 amide bonds. The molecule has 0 aliphatic rings. The third kappa shape index (κ3) is 4.88. The van der Waals surface area contributed by atoms with Gasteiger partial charge in [-0.3, -0.25) is 4.79 Å². The molecule has 78 valence electrons. The summed E-state index contributed by atoms with van der Waals surface area (Å²) in [7, 11) is 1.83. The van der Waals surface area contributed by atoms with E-state index in [0.717, 1.165) is 19.4 Å². The van der Waals surface area contributed by atoms with Crippen LogP contribution >= 0.6 is 0 Å². The highest BCUT2D eigenvalue weighted by molar-refractivity contribution is 5.77. The molecule has 0 rings (SSSR count). The number of amides is 1. The predicted octanol–water partition coefficient (Wildman–Crippen LogP) is 1.24. The Kier molecular flexibility index (Phi) is 6.59. The van der Waals surface area contributed by atoms with Gasteiger partial charge in [0.1, 0.15) is 0 Å². The average Bonchev–Trinajstić information content (AvgIpc) is 2.17. The fourth-order valence-corrected chi connectivity index (χ4v) is 1.12. The number of likely N-dealkylation sites (N-methyl/N-ethyl adjacent to an activating group) is 1. The van der Waals surface area contributed by atoms with Crippen LogP contribution < -0.4 is 5.32 Å². The van der Waals surface area contributed by atoms with Crippen molar-refractivity contribution in [3.8, 4) is 0 Å². The van der Waals surface area contributed by atoms with Gasteiger partial charge in [0.05, 0.1) is 6.54 Å². The lowest BCUT2D eigenvalue weighted by molar-refractivity contribution is -0.128. The Morgan fingerprint density at radius 2 is 1.85 bits per heavy atom. The van der Waals surface area contributed by atoms with E-state index in [1.165, 1.54) is 0 Å². The van der Waals surface area contributed by atoms with Crippen molar-refractivity contribution in [3.63, 3.8) is 0 Å². The molecule has 0 spiro atoms. The second-order valence-corrected chi connectivity index (χ2v) is 3.30. The first-order chi connectivity index (χ1) is 6.15. The zero-order chi connectivity index (χ0) is 10.3. The molecule has 0 saturated heterocycles. The van der Waals surface area contributed by atoms with Gasteiger partial charge < -0.3 is 10.2 Å². The van der Waals surface area contributed by atoms with Crippen molar-refractivity contribution >= 4 is 5.91 Å². The number of nitrogens with one attached hydrogen (secondary N) is 1. The zero-order valence-corrected chi connectivity index (χ0v) is 9.26. The zero-order valence-electron chi connectivity index (χ0n) is 9.26. The summed E-state index contributed by atoms with van der Waals surface area (Å²) in [5.41, 5.74) is 0. The number of rotatable bonds is 6. The molecule has 0 atom stereocenters. The minimum Gasteiger partial charge on any atom is -0.345 e. The summed E-state index contributed by atoms with van der Waals surface area (Å²) in [6.45, 7) is 7.50. The Morgan fingerprint density at radius 1 is 1.31 bits per heavy atom. The lowest BCUT2D eigenvalue weighted by Crippen LogP contribution is -2.39. The van der Waals surface area contributed by atoms with Crippen molar-refractivity contribution < 1.29 is 4.79 Å². The van der Waals surface area contributed by atoms with Crippen molar-refractivity contribution in [1.82, 2.24) is 10.2 Å². The minimum atomic E-state index is 0.175. The lowest BCUT2D eigenvalue weighted by atomic mass is 10.2. The summed E-state index contributed by atoms with van der Waals surface area (Å²) in [4.78, 5) is 13.1. The van der Waals surface area contributed by atoms with Crippen LogP contribution in [0.25, 0.3) is 0 Å². The second-order valence-electron chi connectivity index (χ2n) is 3.30. The minimum absolute atomic E-state index is 0.175. The maximum absolute atomic E-state index is 11.4. The van der Waals surface area contributed by atoms with E-state index in [1.807, 2.05) is 14.0 Å². The van der Waals surface area contributed by atoms with E-state index in [4.69, 9.17) is 0 Å². The molecule has 0 aromatic rings. The molecule has 1 N–H and O–H groups in total. The van der Waals surface area contributed by atoms with Gasteiger partial charge in [0.2, 0.25) is 5.91 Å². The smallest absolute Gasteiger partial charge is 0.236 e. The Balaban J connectivity index is 3.68. The topological polar surface area (TPSA) is 32.3 Å². The van der Waals surface area contributed by atoms with E-state index in [0.29, 0.717) is 12.6 Å². The van der Waals surface area contributed by atoms with Crippen LogP contribution in [-0.2, 0) is 4.79 Å². The third-order valence-electron chi connectivity index (χ3n) is 2.43. The average molecular weight is 186 g/mol. The van der Waals surface area contributed by atoms with Gasteiger partial charge in [0.15, 0.2) is 0 Å². The normalized spacial score (nSPS) is 10.5.